The maximum atomic E-state index is 10.3. The first-order valence-corrected chi connectivity index (χ1v) is 4.66. The Morgan fingerprint density at radius 3 is 1.44 bits per heavy atom. The Morgan fingerprint density at radius 2 is 1.33 bits per heavy atom. The Kier molecular flexibility index (Phi) is 6.75. The lowest BCUT2D eigenvalue weighted by molar-refractivity contribution is -0.143. The van der Waals surface area contributed by atoms with E-state index in [2.05, 4.69) is 4.74 Å². The smallest absolute Gasteiger partial charge is 0.335 e. The number of esters is 1. The van der Waals surface area contributed by atoms with Crippen molar-refractivity contribution in [2.24, 2.45) is 0 Å². The number of hydrogen-bond acceptors (Lipinski definition) is 5. The van der Waals surface area contributed by atoms with Crippen LogP contribution in [0.5, 0.6) is 0 Å². The molecule has 0 aliphatic rings. The van der Waals surface area contributed by atoms with Crippen molar-refractivity contribution in [1.82, 2.24) is 0 Å². The highest BCUT2D eigenvalue weighted by molar-refractivity contribution is 5.91. The molecule has 7 heteroatoms. The van der Waals surface area contributed by atoms with Gasteiger partial charge in [0.25, 0.3) is 0 Å². The van der Waals surface area contributed by atoms with Gasteiger partial charge in [0.05, 0.1) is 18.2 Å². The van der Waals surface area contributed by atoms with Crippen LogP contribution in [0.25, 0.3) is 0 Å². The number of rotatable bonds is 3. The van der Waals surface area contributed by atoms with E-state index in [-0.39, 0.29) is 11.1 Å². The number of aliphatic hydroxyl groups excluding tert-OH is 1. The molecule has 0 amide bonds. The van der Waals surface area contributed by atoms with Crippen molar-refractivity contribution in [3.8, 4) is 0 Å². The number of carboxylic acids is 2. The number of aliphatic hydroxyl groups is 1. The van der Waals surface area contributed by atoms with Crippen LogP contribution in [0.15, 0.2) is 24.3 Å². The van der Waals surface area contributed by atoms with Crippen molar-refractivity contribution in [3.63, 3.8) is 0 Å². The number of methoxy groups -OCH3 is 1. The third kappa shape index (κ3) is 5.61. The third-order valence-electron chi connectivity index (χ3n) is 1.74. The Labute approximate surface area is 102 Å². The van der Waals surface area contributed by atoms with Gasteiger partial charge in [-0.15, -0.1) is 0 Å². The molecule has 7 nitrogen and oxygen atoms in total. The maximum absolute atomic E-state index is 10.3. The number of carbonyl (C=O) groups excluding carboxylic acids is 1. The molecule has 98 valence electrons. The van der Waals surface area contributed by atoms with E-state index in [0.717, 1.165) is 0 Å². The van der Waals surface area contributed by atoms with Gasteiger partial charge in [0.1, 0.15) is 6.61 Å². The minimum atomic E-state index is -1.06. The lowest BCUT2D eigenvalue weighted by Gasteiger charge is -1.94. The quantitative estimate of drug-likeness (QED) is 0.662. The van der Waals surface area contributed by atoms with Crippen molar-refractivity contribution in [2.75, 3.05) is 13.7 Å². The first kappa shape index (κ1) is 15.6. The fourth-order valence-electron chi connectivity index (χ4n) is 0.820. The van der Waals surface area contributed by atoms with Gasteiger partial charge in [0, 0.05) is 0 Å². The highest BCUT2D eigenvalue weighted by atomic mass is 16.5. The molecule has 1 aromatic rings. The summed E-state index contributed by atoms with van der Waals surface area (Å²) in [5.74, 6) is -2.73. The second-order valence-corrected chi connectivity index (χ2v) is 2.92. The summed E-state index contributed by atoms with van der Waals surface area (Å²) in [6.45, 7) is -0.531. The molecule has 1 aromatic carbocycles. The molecule has 0 aliphatic carbocycles. The molecule has 0 bridgehead atoms. The van der Waals surface area contributed by atoms with E-state index in [1.807, 2.05) is 0 Å². The molecule has 1 rings (SSSR count). The zero-order valence-corrected chi connectivity index (χ0v) is 9.49. The summed E-state index contributed by atoms with van der Waals surface area (Å²) in [5, 5.41) is 24.8. The van der Waals surface area contributed by atoms with E-state index in [0.29, 0.717) is 0 Å². The van der Waals surface area contributed by atoms with E-state index in [9.17, 15) is 14.4 Å². The minimum Gasteiger partial charge on any atom is -0.478 e. The van der Waals surface area contributed by atoms with Crippen molar-refractivity contribution < 1.29 is 34.4 Å². The molecule has 0 spiro atoms. The van der Waals surface area contributed by atoms with Gasteiger partial charge in [0.15, 0.2) is 0 Å². The van der Waals surface area contributed by atoms with E-state index in [4.69, 9.17) is 15.3 Å². The van der Waals surface area contributed by atoms with Crippen molar-refractivity contribution in [3.05, 3.63) is 35.4 Å². The fourth-order valence-corrected chi connectivity index (χ4v) is 0.820. The lowest BCUT2D eigenvalue weighted by Crippen LogP contribution is -2.04. The van der Waals surface area contributed by atoms with E-state index in [1.54, 1.807) is 0 Å². The van der Waals surface area contributed by atoms with E-state index in [1.165, 1.54) is 31.4 Å². The van der Waals surface area contributed by atoms with Gasteiger partial charge >= 0.3 is 17.9 Å². The Hall–Kier alpha value is -2.41. The number of ether oxygens (including phenoxy) is 1. The van der Waals surface area contributed by atoms with Gasteiger partial charge in [-0.05, 0) is 24.3 Å². The van der Waals surface area contributed by atoms with Gasteiger partial charge in [0.2, 0.25) is 0 Å². The van der Waals surface area contributed by atoms with Crippen LogP contribution in [0.4, 0.5) is 0 Å². The average molecular weight is 256 g/mol. The molecule has 0 saturated carbocycles. The van der Waals surface area contributed by atoms with Crippen molar-refractivity contribution in [1.29, 1.82) is 0 Å². The second kappa shape index (κ2) is 7.80. The third-order valence-corrected chi connectivity index (χ3v) is 1.74. The summed E-state index contributed by atoms with van der Waals surface area (Å²) in [7, 11) is 1.22. The van der Waals surface area contributed by atoms with Crippen LogP contribution in [0.1, 0.15) is 20.7 Å². The molecule has 3 N–H and O–H groups in total. The highest BCUT2D eigenvalue weighted by Crippen LogP contribution is 2.03. The van der Waals surface area contributed by atoms with Gasteiger partial charge in [-0.3, -0.25) is 0 Å². The number of carboxylic acid groups (broad SMARTS) is 2. The number of benzene rings is 1. The van der Waals surface area contributed by atoms with Crippen LogP contribution in [0, 0.1) is 0 Å². The Bertz CT molecular complexity index is 383. The molecule has 0 aliphatic heterocycles. The minimum absolute atomic E-state index is 0.0833. The zero-order valence-electron chi connectivity index (χ0n) is 9.49. The summed E-state index contributed by atoms with van der Waals surface area (Å²) in [6, 6.07) is 5.02. The lowest BCUT2D eigenvalue weighted by atomic mass is 10.1. The normalized spacial score (nSPS) is 8.78. The van der Waals surface area contributed by atoms with E-state index >= 15 is 0 Å². The molecule has 0 heterocycles. The molecule has 0 aromatic heterocycles. The predicted molar refractivity (Wildman–Crippen MR) is 59.5 cm³/mol. The van der Waals surface area contributed by atoms with Crippen LogP contribution in [-0.2, 0) is 9.53 Å². The Morgan fingerprint density at radius 1 is 1.00 bits per heavy atom. The highest BCUT2D eigenvalue weighted by Gasteiger charge is 2.04. The molecular weight excluding hydrogens is 244 g/mol. The maximum Gasteiger partial charge on any atom is 0.335 e. The first-order chi connectivity index (χ1) is 8.42. The second-order valence-electron chi connectivity index (χ2n) is 2.92. The average Bonchev–Trinajstić information content (AvgIpc) is 2.38. The van der Waals surface area contributed by atoms with Crippen LogP contribution in [0.3, 0.4) is 0 Å². The summed E-state index contributed by atoms with van der Waals surface area (Å²) in [6.07, 6.45) is 0. The van der Waals surface area contributed by atoms with Gasteiger partial charge in [-0.25, -0.2) is 14.4 Å². The topological polar surface area (TPSA) is 121 Å². The predicted octanol–water partition coefficient (Wildman–Crippen LogP) is 0.235. The number of aromatic carboxylic acids is 2. The standard InChI is InChI=1S/C8H6O4.C3H6O3/c9-7(10)5-1-2-6(4-3-5)8(11)12;1-6-3(5)2-4/h1-4H,(H,9,10)(H,11,12);4H,2H2,1H3. The van der Waals surface area contributed by atoms with Gasteiger partial charge in [-0.2, -0.15) is 0 Å². The van der Waals surface area contributed by atoms with Crippen molar-refractivity contribution in [2.45, 2.75) is 0 Å². The van der Waals surface area contributed by atoms with Crippen LogP contribution in [0.2, 0.25) is 0 Å². The summed E-state index contributed by atoms with van der Waals surface area (Å²) < 4.78 is 4.01. The Balaban J connectivity index is 0.000000411. The molecular formula is C11H12O7. The van der Waals surface area contributed by atoms with Crippen LogP contribution in [-0.4, -0.2) is 46.9 Å². The molecule has 0 fully saturated rings. The fraction of sp³-hybridized carbons (Fsp3) is 0.182. The zero-order chi connectivity index (χ0) is 14.1. The summed E-state index contributed by atoms with van der Waals surface area (Å²) in [4.78, 5) is 30.4. The monoisotopic (exact) mass is 256 g/mol. The summed E-state index contributed by atoms with van der Waals surface area (Å²) >= 11 is 0. The molecule has 0 saturated heterocycles. The SMILES string of the molecule is COC(=O)CO.O=C(O)c1ccc(C(=O)O)cc1. The number of carbonyl (C=O) groups is 3. The summed E-state index contributed by atoms with van der Waals surface area (Å²) in [5.41, 5.74) is 0.167. The first-order valence-electron chi connectivity index (χ1n) is 4.66. The van der Waals surface area contributed by atoms with E-state index < -0.39 is 24.5 Å². The number of hydrogen-bond donors (Lipinski definition) is 3. The molecule has 18 heavy (non-hydrogen) atoms. The molecule has 0 atom stereocenters. The van der Waals surface area contributed by atoms with Gasteiger partial charge < -0.3 is 20.1 Å². The molecule has 0 unspecified atom stereocenters. The molecule has 0 radical (unpaired) electrons. The van der Waals surface area contributed by atoms with Crippen LogP contribution >= 0.6 is 0 Å². The van der Waals surface area contributed by atoms with Gasteiger partial charge in [-0.1, -0.05) is 0 Å². The largest absolute Gasteiger partial charge is 0.478 e. The van der Waals surface area contributed by atoms with Crippen molar-refractivity contribution >= 4 is 17.9 Å². The van der Waals surface area contributed by atoms with Crippen LogP contribution < -0.4 is 0 Å².